The number of carbonyl (C=O) groups excluding carboxylic acids is 1. The fourth-order valence-electron chi connectivity index (χ4n) is 3.27. The van der Waals surface area contributed by atoms with Gasteiger partial charge in [-0.1, -0.05) is 6.92 Å². The largest absolute Gasteiger partial charge is 0.353 e. The standard InChI is InChI=1S/C15H29N3O3S.ClH/c1-2-12-22(20,21)18-10-7-14(8-11-18)17-15(19)6-5-13-4-3-9-16-13;/h13-14,16H,2-12H2,1H3,(H,17,19);1H. The zero-order valence-corrected chi connectivity index (χ0v) is 15.6. The van der Waals surface area contributed by atoms with Crippen molar-refractivity contribution >= 4 is 28.3 Å². The molecule has 2 N–H and O–H groups in total. The highest BCUT2D eigenvalue weighted by Crippen LogP contribution is 2.16. The van der Waals surface area contributed by atoms with Crippen molar-refractivity contribution in [3.05, 3.63) is 0 Å². The molecule has 8 heteroatoms. The topological polar surface area (TPSA) is 78.5 Å². The van der Waals surface area contributed by atoms with Crippen LogP contribution in [0.5, 0.6) is 0 Å². The first-order valence-corrected chi connectivity index (χ1v) is 10.1. The summed E-state index contributed by atoms with van der Waals surface area (Å²) in [6, 6.07) is 0.615. The normalized spacial score (nSPS) is 23.4. The van der Waals surface area contributed by atoms with Gasteiger partial charge < -0.3 is 10.6 Å². The quantitative estimate of drug-likeness (QED) is 0.710. The van der Waals surface area contributed by atoms with Crippen molar-refractivity contribution in [3.63, 3.8) is 0 Å². The fourth-order valence-corrected chi connectivity index (χ4v) is 4.81. The molecule has 0 aromatic heterocycles. The minimum absolute atomic E-state index is 0. The lowest BCUT2D eigenvalue weighted by molar-refractivity contribution is -0.122. The van der Waals surface area contributed by atoms with Crippen molar-refractivity contribution in [2.45, 2.75) is 64.0 Å². The van der Waals surface area contributed by atoms with Crippen LogP contribution in [0.2, 0.25) is 0 Å². The second kappa shape index (κ2) is 9.81. The van der Waals surface area contributed by atoms with Gasteiger partial charge in [-0.2, -0.15) is 0 Å². The maximum atomic E-state index is 12.0. The average Bonchev–Trinajstić information content (AvgIpc) is 2.99. The summed E-state index contributed by atoms with van der Waals surface area (Å²) in [5.74, 6) is 0.321. The van der Waals surface area contributed by atoms with Gasteiger partial charge in [-0.25, -0.2) is 12.7 Å². The van der Waals surface area contributed by atoms with Crippen LogP contribution in [-0.2, 0) is 14.8 Å². The van der Waals surface area contributed by atoms with Gasteiger partial charge >= 0.3 is 0 Å². The molecule has 6 nitrogen and oxygen atoms in total. The molecule has 136 valence electrons. The van der Waals surface area contributed by atoms with Crippen LogP contribution in [0.1, 0.15) is 51.9 Å². The number of piperidine rings is 1. The Kier molecular flexibility index (Phi) is 8.82. The van der Waals surface area contributed by atoms with Gasteiger partial charge in [-0.15, -0.1) is 12.4 Å². The van der Waals surface area contributed by atoms with Gasteiger partial charge in [-0.3, -0.25) is 4.79 Å². The van der Waals surface area contributed by atoms with E-state index in [1.54, 1.807) is 4.31 Å². The third-order valence-electron chi connectivity index (χ3n) is 4.56. The van der Waals surface area contributed by atoms with Gasteiger partial charge in [0.25, 0.3) is 0 Å². The maximum absolute atomic E-state index is 12.0. The Bertz CT molecular complexity index is 459. The molecule has 23 heavy (non-hydrogen) atoms. The third kappa shape index (κ3) is 6.57. The lowest BCUT2D eigenvalue weighted by Crippen LogP contribution is -2.47. The number of rotatable bonds is 7. The average molecular weight is 368 g/mol. The summed E-state index contributed by atoms with van der Waals surface area (Å²) in [6.45, 7) is 4.00. The fraction of sp³-hybridized carbons (Fsp3) is 0.933. The molecule has 0 radical (unpaired) electrons. The van der Waals surface area contributed by atoms with E-state index in [-0.39, 0.29) is 30.1 Å². The lowest BCUT2D eigenvalue weighted by atomic mass is 10.1. The monoisotopic (exact) mass is 367 g/mol. The molecule has 2 aliphatic heterocycles. The molecule has 0 bridgehead atoms. The summed E-state index contributed by atoms with van der Waals surface area (Å²) in [4.78, 5) is 12.0. The van der Waals surface area contributed by atoms with E-state index in [9.17, 15) is 13.2 Å². The molecular formula is C15H30ClN3O3S. The summed E-state index contributed by atoms with van der Waals surface area (Å²) < 4.78 is 25.6. The van der Waals surface area contributed by atoms with Crippen LogP contribution in [0.3, 0.4) is 0 Å². The molecular weight excluding hydrogens is 338 g/mol. The van der Waals surface area contributed by atoms with Crippen LogP contribution in [0, 0.1) is 0 Å². The summed E-state index contributed by atoms with van der Waals surface area (Å²) in [6.07, 6.45) is 5.92. The first-order valence-electron chi connectivity index (χ1n) is 8.52. The van der Waals surface area contributed by atoms with Crippen LogP contribution in [0.15, 0.2) is 0 Å². The van der Waals surface area contributed by atoms with E-state index in [1.807, 2.05) is 6.92 Å². The van der Waals surface area contributed by atoms with E-state index >= 15 is 0 Å². The second-order valence-electron chi connectivity index (χ2n) is 6.39. The molecule has 2 aliphatic rings. The van der Waals surface area contributed by atoms with Crippen LogP contribution in [-0.4, -0.2) is 56.1 Å². The lowest BCUT2D eigenvalue weighted by Gasteiger charge is -2.31. The van der Waals surface area contributed by atoms with Crippen LogP contribution in [0.4, 0.5) is 0 Å². The SMILES string of the molecule is CCCS(=O)(=O)N1CCC(NC(=O)CCC2CCCN2)CC1.Cl. The predicted molar refractivity (Wildman–Crippen MR) is 94.3 cm³/mol. The number of hydrogen-bond acceptors (Lipinski definition) is 4. The van der Waals surface area contributed by atoms with E-state index < -0.39 is 10.0 Å². The number of carbonyl (C=O) groups is 1. The van der Waals surface area contributed by atoms with Gasteiger partial charge in [0, 0.05) is 31.6 Å². The minimum atomic E-state index is -3.09. The maximum Gasteiger partial charge on any atom is 0.220 e. The van der Waals surface area contributed by atoms with Crippen molar-refractivity contribution in [1.82, 2.24) is 14.9 Å². The molecule has 0 spiro atoms. The number of nitrogens with one attached hydrogen (secondary N) is 2. The summed E-state index contributed by atoms with van der Waals surface area (Å²) in [7, 11) is -3.09. The van der Waals surface area contributed by atoms with Crippen LogP contribution >= 0.6 is 12.4 Å². The minimum Gasteiger partial charge on any atom is -0.353 e. The van der Waals surface area contributed by atoms with Crippen LogP contribution < -0.4 is 10.6 Å². The van der Waals surface area contributed by atoms with E-state index in [0.717, 1.165) is 25.8 Å². The molecule has 0 saturated carbocycles. The smallest absolute Gasteiger partial charge is 0.220 e. The Balaban J connectivity index is 0.00000264. The summed E-state index contributed by atoms with van der Waals surface area (Å²) in [5, 5.41) is 6.46. The number of halogens is 1. The van der Waals surface area contributed by atoms with Gasteiger partial charge in [-0.05, 0) is 45.1 Å². The Labute approximate surface area is 146 Å². The molecule has 2 saturated heterocycles. The summed E-state index contributed by atoms with van der Waals surface area (Å²) >= 11 is 0. The highest BCUT2D eigenvalue weighted by molar-refractivity contribution is 7.89. The molecule has 0 aromatic rings. The highest BCUT2D eigenvalue weighted by atomic mass is 35.5. The van der Waals surface area contributed by atoms with E-state index in [0.29, 0.717) is 32.0 Å². The van der Waals surface area contributed by atoms with Crippen molar-refractivity contribution < 1.29 is 13.2 Å². The first-order chi connectivity index (χ1) is 10.5. The van der Waals surface area contributed by atoms with Crippen molar-refractivity contribution in [1.29, 1.82) is 0 Å². The van der Waals surface area contributed by atoms with E-state index in [1.165, 1.54) is 12.8 Å². The predicted octanol–water partition coefficient (Wildman–Crippen LogP) is 1.26. The van der Waals surface area contributed by atoms with Gasteiger partial charge in [0.2, 0.25) is 15.9 Å². The highest BCUT2D eigenvalue weighted by Gasteiger charge is 2.28. The number of hydrogen-bond donors (Lipinski definition) is 2. The molecule has 2 fully saturated rings. The zero-order chi connectivity index (χ0) is 16.0. The van der Waals surface area contributed by atoms with Crippen molar-refractivity contribution in [2.75, 3.05) is 25.4 Å². The Morgan fingerprint density at radius 2 is 1.96 bits per heavy atom. The Morgan fingerprint density at radius 3 is 2.52 bits per heavy atom. The second-order valence-corrected chi connectivity index (χ2v) is 8.48. The van der Waals surface area contributed by atoms with Gasteiger partial charge in [0.1, 0.15) is 0 Å². The van der Waals surface area contributed by atoms with Crippen LogP contribution in [0.25, 0.3) is 0 Å². The van der Waals surface area contributed by atoms with Crippen molar-refractivity contribution in [2.24, 2.45) is 0 Å². The molecule has 1 amide bonds. The molecule has 1 unspecified atom stereocenters. The van der Waals surface area contributed by atoms with E-state index in [2.05, 4.69) is 10.6 Å². The number of sulfonamides is 1. The first kappa shape index (κ1) is 20.7. The van der Waals surface area contributed by atoms with E-state index in [4.69, 9.17) is 0 Å². The van der Waals surface area contributed by atoms with Crippen molar-refractivity contribution in [3.8, 4) is 0 Å². The molecule has 1 atom stereocenters. The number of amides is 1. The Morgan fingerprint density at radius 1 is 1.26 bits per heavy atom. The molecule has 2 heterocycles. The van der Waals surface area contributed by atoms with Gasteiger partial charge in [0.05, 0.1) is 5.75 Å². The molecule has 2 rings (SSSR count). The zero-order valence-electron chi connectivity index (χ0n) is 13.9. The summed E-state index contributed by atoms with van der Waals surface area (Å²) in [5.41, 5.74) is 0. The van der Waals surface area contributed by atoms with Gasteiger partial charge in [0.15, 0.2) is 0 Å². The molecule has 0 aromatic carbocycles. The number of nitrogens with zero attached hydrogens (tertiary/aromatic N) is 1. The molecule has 0 aliphatic carbocycles. The third-order valence-corrected chi connectivity index (χ3v) is 6.63. The Hall–Kier alpha value is -0.370.